The molecule has 3 N–H and O–H groups in total. The number of imide groups is 2. The number of fused-ring (bicyclic) bond motifs is 1. The highest BCUT2D eigenvalue weighted by Crippen LogP contribution is 2.30. The van der Waals surface area contributed by atoms with E-state index in [1.807, 2.05) is 6.07 Å². The number of likely N-dealkylation sites (tertiary alicyclic amines) is 1. The van der Waals surface area contributed by atoms with Gasteiger partial charge in [-0.1, -0.05) is 12.5 Å². The number of nitrogens with two attached hydrogens (primary N) is 1. The highest BCUT2D eigenvalue weighted by Gasteiger charge is 2.44. The zero-order valence-electron chi connectivity index (χ0n) is 16.5. The fourth-order valence-corrected chi connectivity index (χ4v) is 4.71. The Kier molecular flexibility index (Phi) is 5.23. The molecule has 0 aliphatic carbocycles. The van der Waals surface area contributed by atoms with Gasteiger partial charge in [-0.2, -0.15) is 0 Å². The minimum Gasteiger partial charge on any atom is -0.329 e. The lowest BCUT2D eigenvalue weighted by atomic mass is 9.95. The summed E-state index contributed by atoms with van der Waals surface area (Å²) in [7, 11) is 0. The summed E-state index contributed by atoms with van der Waals surface area (Å²) in [6.07, 6.45) is 3.61. The SMILES string of the molecule is C[C@@H]1CCC[C@H](CN)N1Cc1ccc2c(c1)C(=O)N(C1CCC(=O)NC1=O)C2=O. The van der Waals surface area contributed by atoms with E-state index in [4.69, 9.17) is 5.73 Å². The standard InChI is InChI=1S/C21H26N4O4/c1-12-3-2-4-14(10-22)24(12)11-13-5-6-15-16(9-13)21(29)25(20(15)28)17-7-8-18(26)23-19(17)27/h5-6,9,12,14,17H,2-4,7-8,10-11,22H2,1H3,(H,23,26,27)/t12-,14-,17?/m1/s1. The summed E-state index contributed by atoms with van der Waals surface area (Å²) >= 11 is 0. The largest absolute Gasteiger partial charge is 0.329 e. The molecule has 8 heteroatoms. The minimum absolute atomic E-state index is 0.113. The maximum Gasteiger partial charge on any atom is 0.262 e. The monoisotopic (exact) mass is 398 g/mol. The molecule has 1 aromatic carbocycles. The van der Waals surface area contributed by atoms with Crippen molar-refractivity contribution in [2.45, 2.75) is 63.7 Å². The molecule has 0 bridgehead atoms. The number of rotatable bonds is 4. The Morgan fingerprint density at radius 2 is 1.83 bits per heavy atom. The summed E-state index contributed by atoms with van der Waals surface area (Å²) in [6.45, 7) is 3.45. The van der Waals surface area contributed by atoms with E-state index >= 15 is 0 Å². The quantitative estimate of drug-likeness (QED) is 0.725. The van der Waals surface area contributed by atoms with Gasteiger partial charge in [-0.15, -0.1) is 0 Å². The van der Waals surface area contributed by atoms with Crippen molar-refractivity contribution in [1.82, 2.24) is 15.1 Å². The summed E-state index contributed by atoms with van der Waals surface area (Å²) in [5.74, 6) is -1.92. The first kappa shape index (κ1) is 19.7. The predicted octanol–water partition coefficient (Wildman–Crippen LogP) is 0.790. The van der Waals surface area contributed by atoms with E-state index < -0.39 is 23.8 Å². The van der Waals surface area contributed by atoms with Gasteiger partial charge in [0.25, 0.3) is 11.8 Å². The van der Waals surface area contributed by atoms with Crippen molar-refractivity contribution in [1.29, 1.82) is 0 Å². The van der Waals surface area contributed by atoms with Crippen molar-refractivity contribution in [3.05, 3.63) is 34.9 Å². The Morgan fingerprint density at radius 3 is 2.55 bits per heavy atom. The van der Waals surface area contributed by atoms with Gasteiger partial charge in [0, 0.05) is 31.6 Å². The average molecular weight is 398 g/mol. The molecule has 3 aliphatic rings. The number of nitrogens with zero attached hydrogens (tertiary/aromatic N) is 2. The Labute approximate surface area is 169 Å². The molecule has 8 nitrogen and oxygen atoms in total. The third kappa shape index (κ3) is 3.47. The lowest BCUT2D eigenvalue weighted by molar-refractivity contribution is -0.136. The van der Waals surface area contributed by atoms with Crippen LogP contribution in [0.15, 0.2) is 18.2 Å². The van der Waals surface area contributed by atoms with Crippen LogP contribution in [0.1, 0.15) is 65.3 Å². The third-order valence-electron chi connectivity index (χ3n) is 6.34. The first-order chi connectivity index (χ1) is 13.9. The number of carbonyl (C=O) groups is 4. The summed E-state index contributed by atoms with van der Waals surface area (Å²) in [5, 5.41) is 2.21. The van der Waals surface area contributed by atoms with Gasteiger partial charge >= 0.3 is 0 Å². The lowest BCUT2D eigenvalue weighted by Crippen LogP contribution is -2.54. The van der Waals surface area contributed by atoms with Crippen molar-refractivity contribution in [3.8, 4) is 0 Å². The van der Waals surface area contributed by atoms with Crippen LogP contribution in [0, 0.1) is 0 Å². The first-order valence-corrected chi connectivity index (χ1v) is 10.2. The highest BCUT2D eigenvalue weighted by atomic mass is 16.2. The smallest absolute Gasteiger partial charge is 0.262 e. The number of nitrogens with one attached hydrogen (secondary N) is 1. The molecule has 3 heterocycles. The maximum absolute atomic E-state index is 13.0. The second-order valence-electron chi connectivity index (χ2n) is 8.17. The molecular weight excluding hydrogens is 372 g/mol. The van der Waals surface area contributed by atoms with Crippen LogP contribution in [0.2, 0.25) is 0 Å². The fourth-order valence-electron chi connectivity index (χ4n) is 4.71. The number of hydrogen-bond acceptors (Lipinski definition) is 6. The summed E-state index contributed by atoms with van der Waals surface area (Å²) < 4.78 is 0. The van der Waals surface area contributed by atoms with Crippen LogP contribution >= 0.6 is 0 Å². The summed E-state index contributed by atoms with van der Waals surface area (Å²) in [5.41, 5.74) is 7.54. The Hall–Kier alpha value is -2.58. The molecule has 0 aromatic heterocycles. The lowest BCUT2D eigenvalue weighted by Gasteiger charge is -2.40. The van der Waals surface area contributed by atoms with Crippen molar-refractivity contribution in [2.24, 2.45) is 5.73 Å². The molecule has 0 spiro atoms. The average Bonchev–Trinajstić information content (AvgIpc) is 2.94. The molecule has 2 saturated heterocycles. The predicted molar refractivity (Wildman–Crippen MR) is 105 cm³/mol. The fraction of sp³-hybridized carbons (Fsp3) is 0.524. The Balaban J connectivity index is 1.57. The number of piperidine rings is 2. The van der Waals surface area contributed by atoms with Crippen LogP contribution in [0.5, 0.6) is 0 Å². The molecule has 1 unspecified atom stereocenters. The summed E-state index contributed by atoms with van der Waals surface area (Å²) in [4.78, 5) is 52.7. The van der Waals surface area contributed by atoms with E-state index in [1.54, 1.807) is 12.1 Å². The number of benzene rings is 1. The Morgan fingerprint density at radius 1 is 1.07 bits per heavy atom. The number of amides is 4. The number of carbonyl (C=O) groups excluding carboxylic acids is 4. The van der Waals surface area contributed by atoms with E-state index in [1.165, 1.54) is 0 Å². The molecular formula is C21H26N4O4. The van der Waals surface area contributed by atoms with Crippen LogP contribution in [0.3, 0.4) is 0 Å². The van der Waals surface area contributed by atoms with Crippen LogP contribution in [-0.2, 0) is 16.1 Å². The molecule has 154 valence electrons. The molecule has 1 aromatic rings. The molecule has 2 fully saturated rings. The van der Waals surface area contributed by atoms with Gasteiger partial charge < -0.3 is 5.73 Å². The maximum atomic E-state index is 13.0. The van der Waals surface area contributed by atoms with Crippen LogP contribution in [-0.4, -0.2) is 58.1 Å². The van der Waals surface area contributed by atoms with Gasteiger partial charge in [0.15, 0.2) is 0 Å². The van der Waals surface area contributed by atoms with Crippen LogP contribution in [0.25, 0.3) is 0 Å². The molecule has 0 saturated carbocycles. The molecule has 29 heavy (non-hydrogen) atoms. The van der Waals surface area contributed by atoms with E-state index in [-0.39, 0.29) is 18.7 Å². The van der Waals surface area contributed by atoms with Crippen LogP contribution < -0.4 is 11.1 Å². The minimum atomic E-state index is -0.938. The van der Waals surface area contributed by atoms with Gasteiger partial charge in [-0.05, 0) is 43.9 Å². The molecule has 0 radical (unpaired) electrons. The van der Waals surface area contributed by atoms with Gasteiger partial charge in [0.05, 0.1) is 11.1 Å². The highest BCUT2D eigenvalue weighted by molar-refractivity contribution is 6.23. The van der Waals surface area contributed by atoms with Gasteiger partial charge in [0.1, 0.15) is 6.04 Å². The topological polar surface area (TPSA) is 113 Å². The van der Waals surface area contributed by atoms with Crippen LogP contribution in [0.4, 0.5) is 0 Å². The third-order valence-corrected chi connectivity index (χ3v) is 6.34. The van der Waals surface area contributed by atoms with E-state index in [9.17, 15) is 19.2 Å². The van der Waals surface area contributed by atoms with Crippen molar-refractivity contribution in [2.75, 3.05) is 6.54 Å². The van der Waals surface area contributed by atoms with E-state index in [0.717, 1.165) is 29.7 Å². The second kappa shape index (κ2) is 7.68. The first-order valence-electron chi connectivity index (χ1n) is 10.2. The van der Waals surface area contributed by atoms with Gasteiger partial charge in [-0.3, -0.25) is 34.3 Å². The zero-order chi connectivity index (χ0) is 20.7. The molecule has 4 amide bonds. The van der Waals surface area contributed by atoms with Crippen molar-refractivity contribution < 1.29 is 19.2 Å². The Bertz CT molecular complexity index is 883. The molecule has 3 atom stereocenters. The van der Waals surface area contributed by atoms with E-state index in [0.29, 0.717) is 36.3 Å². The van der Waals surface area contributed by atoms with Crippen molar-refractivity contribution >= 4 is 23.6 Å². The molecule has 3 aliphatic heterocycles. The second-order valence-corrected chi connectivity index (χ2v) is 8.17. The summed E-state index contributed by atoms with van der Waals surface area (Å²) in [6, 6.07) is 5.07. The molecule has 4 rings (SSSR count). The number of hydrogen-bond donors (Lipinski definition) is 2. The zero-order valence-corrected chi connectivity index (χ0v) is 16.5. The van der Waals surface area contributed by atoms with E-state index in [2.05, 4.69) is 17.1 Å². The van der Waals surface area contributed by atoms with Gasteiger partial charge in [-0.25, -0.2) is 0 Å². The normalized spacial score (nSPS) is 27.9. The van der Waals surface area contributed by atoms with Crippen molar-refractivity contribution in [3.63, 3.8) is 0 Å². The van der Waals surface area contributed by atoms with Gasteiger partial charge in [0.2, 0.25) is 11.8 Å².